The van der Waals surface area contributed by atoms with Crippen molar-refractivity contribution in [2.24, 2.45) is 0 Å². The van der Waals surface area contributed by atoms with E-state index >= 15 is 0 Å². The summed E-state index contributed by atoms with van der Waals surface area (Å²) in [4.78, 5) is 9.85. The van der Waals surface area contributed by atoms with Crippen LogP contribution >= 0.6 is 38.9 Å². The SMILES string of the molecule is CC(CS(=O)(=O)O)c1ccc([N+](=O)[O-])cc1.O=P(Cl)(Cl)Cl. The van der Waals surface area contributed by atoms with Crippen molar-refractivity contribution >= 4 is 54.7 Å². The summed E-state index contributed by atoms with van der Waals surface area (Å²) in [7, 11) is -4.03. The number of non-ortho nitro benzene ring substituents is 1. The number of benzene rings is 1. The molecule has 1 N–H and O–H groups in total. The summed E-state index contributed by atoms with van der Waals surface area (Å²) in [6, 6.07) is 5.56. The molecule has 0 aliphatic carbocycles. The lowest BCUT2D eigenvalue weighted by Gasteiger charge is -2.08. The molecule has 0 aliphatic rings. The summed E-state index contributed by atoms with van der Waals surface area (Å²) in [6.45, 7) is 1.62. The molecule has 1 unspecified atom stereocenters. The molecule has 1 rings (SSSR count). The molecular weight excluding hydrogens is 387 g/mol. The minimum absolute atomic E-state index is 0.0530. The van der Waals surface area contributed by atoms with Gasteiger partial charge in [0.05, 0.1) is 10.7 Å². The summed E-state index contributed by atoms with van der Waals surface area (Å²) in [5.41, 5.74) is 0.575. The maximum atomic E-state index is 10.6. The van der Waals surface area contributed by atoms with Gasteiger partial charge in [-0.25, -0.2) is 0 Å². The normalized spacial score (nSPS) is 13.0. The third-order valence-electron chi connectivity index (χ3n) is 2.13. The monoisotopic (exact) mass is 397 g/mol. The topological polar surface area (TPSA) is 115 Å². The standard InChI is InChI=1S/C9H11NO5S.Cl3OP/c1-7(6-16(13,14)15)8-2-4-9(5-3-8)10(11)12;1-5(2,3)4/h2-5,7H,6H2,1H3,(H,13,14,15);. The van der Waals surface area contributed by atoms with Crippen LogP contribution in [0, 0.1) is 10.1 Å². The molecule has 1 aromatic carbocycles. The van der Waals surface area contributed by atoms with Gasteiger partial charge in [0.25, 0.3) is 15.8 Å². The molecular formula is C9H11Cl3NO6PS. The fraction of sp³-hybridized carbons (Fsp3) is 0.333. The Kier molecular flexibility index (Phi) is 8.17. The number of nitro groups is 1. The fourth-order valence-corrected chi connectivity index (χ4v) is 2.16. The van der Waals surface area contributed by atoms with Crippen molar-refractivity contribution in [2.75, 3.05) is 5.75 Å². The minimum atomic E-state index is -4.03. The first-order chi connectivity index (χ1) is 9.29. The Bertz CT molecular complexity index is 621. The third kappa shape index (κ3) is 11.9. The van der Waals surface area contributed by atoms with Crippen molar-refractivity contribution in [1.82, 2.24) is 0 Å². The molecule has 0 fully saturated rings. The smallest absolute Gasteiger partial charge is 0.286 e. The van der Waals surface area contributed by atoms with E-state index in [2.05, 4.69) is 33.7 Å². The van der Waals surface area contributed by atoms with Gasteiger partial charge in [-0.2, -0.15) is 8.42 Å². The zero-order valence-electron chi connectivity index (χ0n) is 10.5. The van der Waals surface area contributed by atoms with Crippen LogP contribution in [0.4, 0.5) is 5.69 Å². The summed E-state index contributed by atoms with van der Waals surface area (Å²) in [5, 5.41) is 7.16. The Hall–Kier alpha value is -0.370. The van der Waals surface area contributed by atoms with Crippen LogP contribution in [-0.4, -0.2) is 23.6 Å². The van der Waals surface area contributed by atoms with E-state index in [1.165, 1.54) is 24.3 Å². The van der Waals surface area contributed by atoms with E-state index < -0.39 is 31.9 Å². The number of nitrogens with zero attached hydrogens (tertiary/aromatic N) is 1. The zero-order chi connectivity index (χ0) is 16.8. The predicted octanol–water partition coefficient (Wildman–Crippen LogP) is 4.40. The third-order valence-corrected chi connectivity index (χ3v) is 3.05. The molecule has 0 aliphatic heterocycles. The van der Waals surface area contributed by atoms with Crippen molar-refractivity contribution in [3.63, 3.8) is 0 Å². The molecule has 0 saturated heterocycles. The molecule has 0 spiro atoms. The number of halogens is 3. The van der Waals surface area contributed by atoms with Crippen LogP contribution in [0.3, 0.4) is 0 Å². The van der Waals surface area contributed by atoms with E-state index in [1.807, 2.05) is 0 Å². The molecule has 21 heavy (non-hydrogen) atoms. The number of hydrogen-bond acceptors (Lipinski definition) is 5. The molecule has 1 atom stereocenters. The van der Waals surface area contributed by atoms with E-state index in [-0.39, 0.29) is 5.69 Å². The lowest BCUT2D eigenvalue weighted by atomic mass is 10.0. The summed E-state index contributed by atoms with van der Waals surface area (Å²) < 4.78 is 39.4. The first-order valence-corrected chi connectivity index (χ1v) is 11.2. The molecule has 0 heterocycles. The Balaban J connectivity index is 0.000000690. The van der Waals surface area contributed by atoms with Crippen molar-refractivity contribution in [3.05, 3.63) is 39.9 Å². The van der Waals surface area contributed by atoms with Gasteiger partial charge in [-0.15, -0.1) is 0 Å². The average Bonchev–Trinajstić information content (AvgIpc) is 2.24. The van der Waals surface area contributed by atoms with Crippen molar-refractivity contribution in [3.8, 4) is 0 Å². The zero-order valence-corrected chi connectivity index (χ0v) is 14.5. The largest absolute Gasteiger partial charge is 0.339 e. The lowest BCUT2D eigenvalue weighted by molar-refractivity contribution is -0.384. The van der Waals surface area contributed by atoms with Gasteiger partial charge in [0, 0.05) is 12.1 Å². The Morgan fingerprint density at radius 1 is 1.29 bits per heavy atom. The highest BCUT2D eigenvalue weighted by atomic mass is 36.0. The molecule has 7 nitrogen and oxygen atoms in total. The van der Waals surface area contributed by atoms with E-state index in [1.54, 1.807) is 6.92 Å². The van der Waals surface area contributed by atoms with Gasteiger partial charge in [0.15, 0.2) is 0 Å². The number of nitro benzene ring substituents is 1. The van der Waals surface area contributed by atoms with E-state index in [0.717, 1.165) is 0 Å². The second kappa shape index (κ2) is 8.31. The molecule has 0 aromatic heterocycles. The van der Waals surface area contributed by atoms with Gasteiger partial charge in [-0.1, -0.05) is 19.1 Å². The van der Waals surface area contributed by atoms with Crippen LogP contribution in [0.25, 0.3) is 0 Å². The molecule has 0 amide bonds. The first-order valence-electron chi connectivity index (χ1n) is 5.18. The van der Waals surface area contributed by atoms with Crippen LogP contribution in [0.15, 0.2) is 24.3 Å². The van der Waals surface area contributed by atoms with Crippen LogP contribution in [0.1, 0.15) is 18.4 Å². The lowest BCUT2D eigenvalue weighted by Crippen LogP contribution is -2.11. The maximum Gasteiger partial charge on any atom is 0.339 e. The van der Waals surface area contributed by atoms with Gasteiger partial charge >= 0.3 is 5.20 Å². The predicted molar refractivity (Wildman–Crippen MR) is 83.1 cm³/mol. The van der Waals surface area contributed by atoms with Gasteiger partial charge in [0.2, 0.25) is 0 Å². The molecule has 0 saturated carbocycles. The maximum absolute atomic E-state index is 10.6. The Labute approximate surface area is 135 Å². The highest BCUT2D eigenvalue weighted by Crippen LogP contribution is 2.61. The van der Waals surface area contributed by atoms with Crippen LogP contribution in [0.2, 0.25) is 0 Å². The highest BCUT2D eigenvalue weighted by Gasteiger charge is 2.15. The molecule has 0 radical (unpaired) electrons. The summed E-state index contributed by atoms with van der Waals surface area (Å²) in [5.74, 6) is -0.805. The fourth-order valence-electron chi connectivity index (χ4n) is 1.34. The quantitative estimate of drug-likeness (QED) is 0.348. The number of hydrogen-bond donors (Lipinski definition) is 1. The minimum Gasteiger partial charge on any atom is -0.286 e. The van der Waals surface area contributed by atoms with Crippen LogP contribution in [-0.2, 0) is 14.7 Å². The summed E-state index contributed by atoms with van der Waals surface area (Å²) in [6.07, 6.45) is 0. The molecule has 120 valence electrons. The Morgan fingerprint density at radius 3 is 1.95 bits per heavy atom. The average molecular weight is 399 g/mol. The molecule has 1 aromatic rings. The van der Waals surface area contributed by atoms with Gasteiger partial charge in [-0.05, 0) is 45.2 Å². The van der Waals surface area contributed by atoms with Gasteiger partial charge in [0.1, 0.15) is 0 Å². The second-order valence-corrected chi connectivity index (χ2v) is 12.0. The van der Waals surface area contributed by atoms with E-state index in [0.29, 0.717) is 5.56 Å². The van der Waals surface area contributed by atoms with Crippen molar-refractivity contribution < 1.29 is 22.5 Å². The van der Waals surface area contributed by atoms with Crippen LogP contribution < -0.4 is 0 Å². The highest BCUT2D eigenvalue weighted by molar-refractivity contribution is 8.24. The Morgan fingerprint density at radius 2 is 1.67 bits per heavy atom. The van der Waals surface area contributed by atoms with Crippen molar-refractivity contribution in [2.45, 2.75) is 12.8 Å². The molecule has 12 heteroatoms. The van der Waals surface area contributed by atoms with E-state index in [4.69, 9.17) is 4.55 Å². The van der Waals surface area contributed by atoms with E-state index in [9.17, 15) is 23.1 Å². The van der Waals surface area contributed by atoms with Crippen molar-refractivity contribution in [1.29, 1.82) is 0 Å². The summed E-state index contributed by atoms with van der Waals surface area (Å²) >= 11 is 13.8. The number of rotatable bonds is 4. The van der Waals surface area contributed by atoms with Gasteiger partial charge in [-0.3, -0.25) is 19.2 Å². The van der Waals surface area contributed by atoms with Crippen LogP contribution in [0.5, 0.6) is 0 Å². The molecule has 0 bridgehead atoms. The first kappa shape index (κ1) is 20.6. The van der Waals surface area contributed by atoms with Gasteiger partial charge < -0.3 is 0 Å². The second-order valence-electron chi connectivity index (χ2n) is 3.90.